The fourth-order valence-corrected chi connectivity index (χ4v) is 3.33. The maximum atomic E-state index is 12.5. The number of benzene rings is 2. The third kappa shape index (κ3) is 4.18. The second kappa shape index (κ2) is 8.35. The van der Waals surface area contributed by atoms with E-state index in [0.717, 1.165) is 10.5 Å². The van der Waals surface area contributed by atoms with Crippen LogP contribution in [-0.2, 0) is 11.2 Å². The molecule has 7 heteroatoms. The van der Waals surface area contributed by atoms with Gasteiger partial charge in [-0.2, -0.15) is 5.26 Å². The van der Waals surface area contributed by atoms with Crippen LogP contribution >= 0.6 is 0 Å². The van der Waals surface area contributed by atoms with E-state index in [1.54, 1.807) is 24.3 Å². The van der Waals surface area contributed by atoms with Crippen molar-refractivity contribution in [3.05, 3.63) is 71.3 Å². The molecule has 0 bridgehead atoms. The number of amides is 3. The minimum absolute atomic E-state index is 0.151. The Morgan fingerprint density at radius 2 is 1.61 bits per heavy atom. The van der Waals surface area contributed by atoms with Gasteiger partial charge in [0.25, 0.3) is 11.8 Å². The number of carbonyl (C=O) groups excluding carboxylic acids is 3. The Morgan fingerprint density at radius 1 is 1.04 bits per heavy atom. The third-order valence-corrected chi connectivity index (χ3v) is 4.60. The normalized spacial score (nSPS) is 14.9. The molecule has 2 N–H and O–H groups in total. The average molecular weight is 377 g/mol. The number of imide groups is 1. The number of rotatable bonds is 7. The maximum absolute atomic E-state index is 12.5. The highest BCUT2D eigenvalue weighted by molar-refractivity contribution is 6.21. The van der Waals surface area contributed by atoms with Crippen molar-refractivity contribution in [3.8, 4) is 6.07 Å². The summed E-state index contributed by atoms with van der Waals surface area (Å²) < 4.78 is 5.12. The van der Waals surface area contributed by atoms with Crippen LogP contribution in [0.25, 0.3) is 0 Å². The molecule has 1 aliphatic heterocycles. The maximum Gasteiger partial charge on any atom is 0.404 e. The lowest BCUT2D eigenvalue weighted by Gasteiger charge is -2.23. The Kier molecular flexibility index (Phi) is 5.70. The Labute approximate surface area is 162 Å². The van der Waals surface area contributed by atoms with Crippen molar-refractivity contribution >= 4 is 17.9 Å². The topological polar surface area (TPSA) is 113 Å². The second-order valence-corrected chi connectivity index (χ2v) is 6.58. The van der Waals surface area contributed by atoms with Gasteiger partial charge in [0.2, 0.25) is 0 Å². The number of hydrogen-bond acceptors (Lipinski definition) is 5. The summed E-state index contributed by atoms with van der Waals surface area (Å²) in [5, 5.41) is 9.51. The van der Waals surface area contributed by atoms with Crippen LogP contribution in [0.5, 0.6) is 0 Å². The number of primary amides is 1. The van der Waals surface area contributed by atoms with Gasteiger partial charge in [-0.15, -0.1) is 0 Å². The summed E-state index contributed by atoms with van der Waals surface area (Å²) in [6, 6.07) is 18.1. The predicted molar refractivity (Wildman–Crippen MR) is 100 cm³/mol. The Morgan fingerprint density at radius 3 is 2.14 bits per heavy atom. The van der Waals surface area contributed by atoms with Crippen molar-refractivity contribution in [1.82, 2.24) is 4.90 Å². The molecule has 0 radical (unpaired) electrons. The van der Waals surface area contributed by atoms with E-state index in [1.165, 1.54) is 0 Å². The second-order valence-electron chi connectivity index (χ2n) is 6.58. The fourth-order valence-electron chi connectivity index (χ4n) is 3.33. The van der Waals surface area contributed by atoms with Gasteiger partial charge in [-0.25, -0.2) is 4.79 Å². The van der Waals surface area contributed by atoms with Crippen LogP contribution in [0.3, 0.4) is 0 Å². The van der Waals surface area contributed by atoms with Gasteiger partial charge in [0.15, 0.2) is 0 Å². The van der Waals surface area contributed by atoms with E-state index in [2.05, 4.69) is 6.07 Å². The first-order valence-corrected chi connectivity index (χ1v) is 8.84. The molecule has 1 heterocycles. The van der Waals surface area contributed by atoms with Gasteiger partial charge >= 0.3 is 6.09 Å². The molecule has 3 rings (SSSR count). The van der Waals surface area contributed by atoms with Crippen molar-refractivity contribution < 1.29 is 19.1 Å². The van der Waals surface area contributed by atoms with Crippen LogP contribution < -0.4 is 5.73 Å². The van der Waals surface area contributed by atoms with Crippen molar-refractivity contribution in [3.63, 3.8) is 0 Å². The first-order valence-electron chi connectivity index (χ1n) is 8.84. The number of hydrogen-bond donors (Lipinski definition) is 1. The summed E-state index contributed by atoms with van der Waals surface area (Å²) in [6.45, 7) is -0.151. The number of nitriles is 1. The average Bonchev–Trinajstić information content (AvgIpc) is 2.93. The van der Waals surface area contributed by atoms with Gasteiger partial charge in [0, 0.05) is 6.42 Å². The van der Waals surface area contributed by atoms with Crippen LogP contribution in [-0.4, -0.2) is 35.5 Å². The summed E-state index contributed by atoms with van der Waals surface area (Å²) in [4.78, 5) is 37.4. The minimum Gasteiger partial charge on any atom is -0.444 e. The molecule has 7 nitrogen and oxygen atoms in total. The number of nitrogens with two attached hydrogens (primary N) is 1. The molecule has 28 heavy (non-hydrogen) atoms. The molecule has 2 atom stereocenters. The quantitative estimate of drug-likeness (QED) is 0.745. The van der Waals surface area contributed by atoms with E-state index in [-0.39, 0.29) is 13.0 Å². The van der Waals surface area contributed by atoms with Crippen LogP contribution in [0.4, 0.5) is 4.79 Å². The monoisotopic (exact) mass is 377 g/mol. The molecule has 1 aliphatic rings. The van der Waals surface area contributed by atoms with Gasteiger partial charge < -0.3 is 10.5 Å². The minimum atomic E-state index is -1.02. The number of carbonyl (C=O) groups is 3. The van der Waals surface area contributed by atoms with Crippen LogP contribution in [0.1, 0.15) is 32.7 Å². The predicted octanol–water partition coefficient (Wildman–Crippen LogP) is 2.52. The van der Waals surface area contributed by atoms with Crippen molar-refractivity contribution in [2.75, 3.05) is 6.54 Å². The molecule has 2 aromatic rings. The number of ether oxygens (including phenoxy) is 1. The molecule has 0 saturated carbocycles. The van der Waals surface area contributed by atoms with Gasteiger partial charge in [-0.05, 0) is 24.1 Å². The van der Waals surface area contributed by atoms with Gasteiger partial charge in [0.05, 0.1) is 29.7 Å². The van der Waals surface area contributed by atoms with E-state index in [9.17, 15) is 19.6 Å². The zero-order chi connectivity index (χ0) is 20.1. The molecule has 0 fully saturated rings. The fraction of sp³-hybridized carbons (Fsp3) is 0.238. The lowest BCUT2D eigenvalue weighted by atomic mass is 9.94. The SMILES string of the molecule is N#CC(Cc1ccccc1)CC(CN1C(=O)c2ccccc2C1=O)OC(N)=O. The highest BCUT2D eigenvalue weighted by Crippen LogP contribution is 2.24. The summed E-state index contributed by atoms with van der Waals surface area (Å²) >= 11 is 0. The lowest BCUT2D eigenvalue weighted by molar-refractivity contribution is 0.0452. The lowest BCUT2D eigenvalue weighted by Crippen LogP contribution is -2.40. The molecule has 0 spiro atoms. The number of nitrogens with zero attached hydrogens (tertiary/aromatic N) is 2. The number of fused-ring (bicyclic) bond motifs is 1. The highest BCUT2D eigenvalue weighted by atomic mass is 16.6. The van der Waals surface area contributed by atoms with Crippen molar-refractivity contribution in [2.24, 2.45) is 11.7 Å². The third-order valence-electron chi connectivity index (χ3n) is 4.60. The molecule has 0 saturated heterocycles. The molecule has 3 amide bonds. The molecule has 0 aliphatic carbocycles. The van der Waals surface area contributed by atoms with Crippen LogP contribution in [0.15, 0.2) is 54.6 Å². The zero-order valence-electron chi connectivity index (χ0n) is 15.1. The van der Waals surface area contributed by atoms with Crippen molar-refractivity contribution in [1.29, 1.82) is 5.26 Å². The molecular formula is C21H19N3O4. The Bertz CT molecular complexity index is 901. The van der Waals surface area contributed by atoms with Crippen LogP contribution in [0.2, 0.25) is 0 Å². The van der Waals surface area contributed by atoms with Gasteiger partial charge in [-0.1, -0.05) is 42.5 Å². The van der Waals surface area contributed by atoms with Crippen molar-refractivity contribution in [2.45, 2.75) is 18.9 Å². The molecule has 2 unspecified atom stereocenters. The highest BCUT2D eigenvalue weighted by Gasteiger charge is 2.37. The van der Waals surface area contributed by atoms with E-state index >= 15 is 0 Å². The molecule has 0 aromatic heterocycles. The van der Waals surface area contributed by atoms with Gasteiger partial charge in [-0.3, -0.25) is 14.5 Å². The Hall–Kier alpha value is -3.66. The van der Waals surface area contributed by atoms with Crippen LogP contribution in [0, 0.1) is 17.2 Å². The Balaban J connectivity index is 1.74. The standard InChI is InChI=1S/C21H19N3O4/c22-12-15(10-14-6-2-1-3-7-14)11-16(28-21(23)27)13-24-19(25)17-8-4-5-9-18(17)20(24)26/h1-9,15-16H,10-11,13H2,(H2,23,27). The largest absolute Gasteiger partial charge is 0.444 e. The van der Waals surface area contributed by atoms with E-state index < -0.39 is 29.9 Å². The van der Waals surface area contributed by atoms with E-state index in [4.69, 9.17) is 10.5 Å². The zero-order valence-corrected chi connectivity index (χ0v) is 15.1. The first kappa shape index (κ1) is 19.1. The summed E-state index contributed by atoms with van der Waals surface area (Å²) in [5.41, 5.74) is 6.75. The van der Waals surface area contributed by atoms with Gasteiger partial charge in [0.1, 0.15) is 6.10 Å². The summed E-state index contributed by atoms with van der Waals surface area (Å²) in [7, 11) is 0. The molecule has 142 valence electrons. The smallest absolute Gasteiger partial charge is 0.404 e. The first-order chi connectivity index (χ1) is 13.5. The molecule has 2 aromatic carbocycles. The van der Waals surface area contributed by atoms with E-state index in [0.29, 0.717) is 17.5 Å². The summed E-state index contributed by atoms with van der Waals surface area (Å²) in [6.07, 6.45) is -1.27. The molecular weight excluding hydrogens is 358 g/mol. The van der Waals surface area contributed by atoms with E-state index in [1.807, 2.05) is 30.3 Å². The summed E-state index contributed by atoms with van der Waals surface area (Å²) in [5.74, 6) is -1.37.